The number of aromatic amines is 1. The maximum atomic E-state index is 12.5. The average molecular weight is 330 g/mol. The highest BCUT2D eigenvalue weighted by molar-refractivity contribution is 6.02. The third-order valence-corrected chi connectivity index (χ3v) is 5.15. The lowest BCUT2D eigenvalue weighted by atomic mass is 9.75. The maximum absolute atomic E-state index is 12.5. The van der Waals surface area contributed by atoms with Gasteiger partial charge in [-0.15, -0.1) is 0 Å². The van der Waals surface area contributed by atoms with Gasteiger partial charge in [0.25, 0.3) is 11.5 Å². The van der Waals surface area contributed by atoms with E-state index < -0.39 is 5.56 Å². The Morgan fingerprint density at radius 1 is 1.12 bits per heavy atom. The van der Waals surface area contributed by atoms with Crippen LogP contribution in [0, 0.1) is 5.41 Å². The molecular weight excluding hydrogens is 304 g/mol. The molecule has 0 atom stereocenters. The van der Waals surface area contributed by atoms with Gasteiger partial charge in [0.1, 0.15) is 5.56 Å². The van der Waals surface area contributed by atoms with Gasteiger partial charge in [-0.1, -0.05) is 39.5 Å². The molecule has 2 aliphatic carbocycles. The number of rotatable bonds is 2. The third-order valence-electron chi connectivity index (χ3n) is 5.15. The number of ketones is 1. The highest BCUT2D eigenvalue weighted by Crippen LogP contribution is 2.33. The maximum Gasteiger partial charge on any atom is 0.261 e. The summed E-state index contributed by atoms with van der Waals surface area (Å²) in [5.74, 6) is -0.357. The number of carbonyl (C=O) groups excluding carboxylic acids is 2. The van der Waals surface area contributed by atoms with E-state index in [2.05, 4.69) is 10.3 Å². The summed E-state index contributed by atoms with van der Waals surface area (Å²) in [4.78, 5) is 40.0. The molecule has 5 heteroatoms. The van der Waals surface area contributed by atoms with Crippen LogP contribution in [0.2, 0.25) is 0 Å². The minimum absolute atomic E-state index is 0.000941. The van der Waals surface area contributed by atoms with Crippen molar-refractivity contribution in [2.24, 2.45) is 5.41 Å². The molecule has 1 aromatic rings. The highest BCUT2D eigenvalue weighted by atomic mass is 16.2. The first-order valence-electron chi connectivity index (χ1n) is 8.96. The van der Waals surface area contributed by atoms with Gasteiger partial charge in [0.05, 0.1) is 0 Å². The number of H-pyrrole nitrogens is 1. The zero-order valence-electron chi connectivity index (χ0n) is 14.5. The van der Waals surface area contributed by atoms with Crippen molar-refractivity contribution < 1.29 is 9.59 Å². The van der Waals surface area contributed by atoms with Gasteiger partial charge in [0.2, 0.25) is 0 Å². The number of hydrogen-bond acceptors (Lipinski definition) is 3. The van der Waals surface area contributed by atoms with Crippen LogP contribution in [-0.4, -0.2) is 22.7 Å². The molecule has 0 aliphatic heterocycles. The summed E-state index contributed by atoms with van der Waals surface area (Å²) in [6.45, 7) is 4.03. The number of Topliss-reactive ketones (excluding diaryl/α,β-unsaturated/α-hetero) is 1. The van der Waals surface area contributed by atoms with Crippen LogP contribution in [0.1, 0.15) is 85.2 Å². The first-order valence-corrected chi connectivity index (χ1v) is 8.96. The molecule has 0 unspecified atom stereocenters. The van der Waals surface area contributed by atoms with E-state index in [0.717, 1.165) is 25.7 Å². The molecule has 1 amide bonds. The summed E-state index contributed by atoms with van der Waals surface area (Å²) in [6.07, 6.45) is 7.64. The second kappa shape index (κ2) is 6.54. The van der Waals surface area contributed by atoms with Crippen molar-refractivity contribution in [3.63, 3.8) is 0 Å². The van der Waals surface area contributed by atoms with Crippen molar-refractivity contribution in [1.29, 1.82) is 0 Å². The fraction of sp³-hybridized carbons (Fsp3) is 0.632. The molecule has 0 aromatic carbocycles. The van der Waals surface area contributed by atoms with E-state index in [9.17, 15) is 14.4 Å². The van der Waals surface area contributed by atoms with E-state index in [-0.39, 0.29) is 28.7 Å². The number of nitrogens with one attached hydrogen (secondary N) is 2. The average Bonchev–Trinajstić information content (AvgIpc) is 2.73. The lowest BCUT2D eigenvalue weighted by Gasteiger charge is -2.29. The van der Waals surface area contributed by atoms with Gasteiger partial charge in [-0.25, -0.2) is 0 Å². The van der Waals surface area contributed by atoms with Crippen molar-refractivity contribution >= 4 is 11.7 Å². The minimum atomic E-state index is -0.398. The Labute approximate surface area is 142 Å². The number of fused-ring (bicyclic) bond motifs is 1. The Hall–Kier alpha value is -1.91. The molecule has 5 nitrogen and oxygen atoms in total. The summed E-state index contributed by atoms with van der Waals surface area (Å²) in [5, 5.41) is 2.98. The van der Waals surface area contributed by atoms with Gasteiger partial charge in [-0.3, -0.25) is 14.4 Å². The molecule has 0 bridgehead atoms. The summed E-state index contributed by atoms with van der Waals surface area (Å²) < 4.78 is 0. The lowest BCUT2D eigenvalue weighted by molar-refractivity contribution is 0.0910. The minimum Gasteiger partial charge on any atom is -0.349 e. The van der Waals surface area contributed by atoms with Crippen molar-refractivity contribution in [1.82, 2.24) is 10.3 Å². The van der Waals surface area contributed by atoms with Gasteiger partial charge < -0.3 is 10.3 Å². The second-order valence-electron chi connectivity index (χ2n) is 8.01. The molecule has 1 saturated carbocycles. The van der Waals surface area contributed by atoms with Gasteiger partial charge in [-0.2, -0.15) is 0 Å². The van der Waals surface area contributed by atoms with E-state index in [0.29, 0.717) is 24.1 Å². The van der Waals surface area contributed by atoms with Crippen LogP contribution in [-0.2, 0) is 6.42 Å². The number of carbonyl (C=O) groups is 2. The van der Waals surface area contributed by atoms with E-state index in [1.54, 1.807) is 0 Å². The standard InChI is InChI=1S/C19H26N2O3/c1-19(2)10-15-13(16(22)11-19)9-14(18(24)21-15)17(23)20-12-7-5-3-4-6-8-12/h9,12H,3-8,10-11H2,1-2H3,(H,20,23)(H,21,24). The second-order valence-corrected chi connectivity index (χ2v) is 8.01. The molecule has 1 aromatic heterocycles. The molecule has 3 rings (SSSR count). The molecule has 0 spiro atoms. The SMILES string of the molecule is CC1(C)CC(=O)c2cc(C(=O)NC3CCCCCC3)c(=O)[nH]c2C1. The Balaban J connectivity index is 1.84. The zero-order chi connectivity index (χ0) is 17.3. The smallest absolute Gasteiger partial charge is 0.261 e. The fourth-order valence-electron chi connectivity index (χ4n) is 3.88. The van der Waals surface area contributed by atoms with Gasteiger partial charge >= 0.3 is 0 Å². The summed E-state index contributed by atoms with van der Waals surface area (Å²) >= 11 is 0. The molecule has 0 radical (unpaired) electrons. The van der Waals surface area contributed by atoms with E-state index in [4.69, 9.17) is 0 Å². The predicted molar refractivity (Wildman–Crippen MR) is 92.5 cm³/mol. The third kappa shape index (κ3) is 3.60. The molecule has 1 heterocycles. The van der Waals surface area contributed by atoms with Crippen LogP contribution >= 0.6 is 0 Å². The molecule has 24 heavy (non-hydrogen) atoms. The van der Waals surface area contributed by atoms with Gasteiger partial charge in [0, 0.05) is 23.7 Å². The predicted octanol–water partition coefficient (Wildman–Crippen LogP) is 2.98. The van der Waals surface area contributed by atoms with Crippen molar-refractivity contribution in [3.8, 4) is 0 Å². The Kier molecular flexibility index (Phi) is 4.61. The summed E-state index contributed by atoms with van der Waals surface area (Å²) in [7, 11) is 0. The van der Waals surface area contributed by atoms with E-state index in [1.165, 1.54) is 18.9 Å². The molecule has 2 N–H and O–H groups in total. The highest BCUT2D eigenvalue weighted by Gasteiger charge is 2.32. The summed E-state index contributed by atoms with van der Waals surface area (Å²) in [6, 6.07) is 1.63. The van der Waals surface area contributed by atoms with E-state index in [1.807, 2.05) is 13.8 Å². The van der Waals surface area contributed by atoms with Crippen LogP contribution in [0.3, 0.4) is 0 Å². The first kappa shape index (κ1) is 16.9. The monoisotopic (exact) mass is 330 g/mol. The number of pyridine rings is 1. The normalized spacial score (nSPS) is 21.0. The first-order chi connectivity index (χ1) is 11.4. The molecule has 0 saturated heterocycles. The lowest BCUT2D eigenvalue weighted by Crippen LogP contribution is -2.39. The topological polar surface area (TPSA) is 79.0 Å². The van der Waals surface area contributed by atoms with E-state index >= 15 is 0 Å². The molecular formula is C19H26N2O3. The Bertz CT molecular complexity index is 710. The van der Waals surface area contributed by atoms with Gasteiger partial charge in [0.15, 0.2) is 5.78 Å². The number of amides is 1. The molecule has 130 valence electrons. The zero-order valence-corrected chi connectivity index (χ0v) is 14.5. The summed E-state index contributed by atoms with van der Waals surface area (Å²) in [5.41, 5.74) is 0.667. The van der Waals surface area contributed by atoms with Crippen molar-refractivity contribution in [2.45, 2.75) is 71.3 Å². The number of aromatic nitrogens is 1. The van der Waals surface area contributed by atoms with Crippen LogP contribution in [0.5, 0.6) is 0 Å². The van der Waals surface area contributed by atoms with Crippen LogP contribution < -0.4 is 10.9 Å². The van der Waals surface area contributed by atoms with Gasteiger partial charge in [-0.05, 0) is 30.7 Å². The van der Waals surface area contributed by atoms with Crippen LogP contribution in [0.25, 0.3) is 0 Å². The molecule has 2 aliphatic rings. The Morgan fingerprint density at radius 3 is 2.46 bits per heavy atom. The van der Waals surface area contributed by atoms with Crippen LogP contribution in [0.15, 0.2) is 10.9 Å². The fourth-order valence-corrected chi connectivity index (χ4v) is 3.88. The largest absolute Gasteiger partial charge is 0.349 e. The van der Waals surface area contributed by atoms with Crippen LogP contribution in [0.4, 0.5) is 0 Å². The Morgan fingerprint density at radius 2 is 1.79 bits per heavy atom. The number of hydrogen-bond donors (Lipinski definition) is 2. The molecule has 1 fully saturated rings. The van der Waals surface area contributed by atoms with Crippen molar-refractivity contribution in [3.05, 3.63) is 33.2 Å². The quantitative estimate of drug-likeness (QED) is 0.818. The van der Waals surface area contributed by atoms with Crippen molar-refractivity contribution in [2.75, 3.05) is 0 Å².